The lowest BCUT2D eigenvalue weighted by Gasteiger charge is -2.23. The Morgan fingerprint density at radius 1 is 1.36 bits per heavy atom. The second-order valence-electron chi connectivity index (χ2n) is 6.02. The first kappa shape index (κ1) is 18.7. The number of halogens is 1. The molecule has 1 aromatic carbocycles. The first-order chi connectivity index (χ1) is 9.90. The maximum atomic E-state index is 11.8. The van der Waals surface area contributed by atoms with E-state index >= 15 is 0 Å². The zero-order chi connectivity index (χ0) is 15.5. The molecule has 1 aromatic rings. The van der Waals surface area contributed by atoms with Gasteiger partial charge in [0.15, 0.2) is 5.96 Å². The smallest absolute Gasteiger partial charge is 0.325 e. The Kier molecular flexibility index (Phi) is 6.65. The third kappa shape index (κ3) is 4.86. The Labute approximate surface area is 149 Å². The van der Waals surface area contributed by atoms with Gasteiger partial charge in [-0.3, -0.25) is 9.79 Å². The van der Waals surface area contributed by atoms with E-state index < -0.39 is 5.60 Å². The molecule has 5 nitrogen and oxygen atoms in total. The van der Waals surface area contributed by atoms with Crippen molar-refractivity contribution in [1.82, 2.24) is 5.32 Å². The van der Waals surface area contributed by atoms with E-state index in [9.17, 15) is 4.79 Å². The molecule has 0 saturated heterocycles. The summed E-state index contributed by atoms with van der Waals surface area (Å²) >= 11 is 0. The van der Waals surface area contributed by atoms with Gasteiger partial charge in [-0.15, -0.1) is 24.0 Å². The van der Waals surface area contributed by atoms with Crippen LogP contribution in [0.2, 0.25) is 0 Å². The van der Waals surface area contributed by atoms with Crippen LogP contribution in [0.25, 0.3) is 0 Å². The standard InChI is InChI=1S/C16H23N3O2.HI/c1-16(2,3)21-14(20)11-18-15(17-4)19-10-9-12-7-5-6-8-13(12)19;/h5-8H,9-11H2,1-4H3,(H,17,18);1H. The van der Waals surface area contributed by atoms with Crippen molar-refractivity contribution in [2.24, 2.45) is 4.99 Å². The second-order valence-corrected chi connectivity index (χ2v) is 6.02. The number of ether oxygens (including phenoxy) is 1. The normalized spacial score (nSPS) is 14.2. The SMILES string of the molecule is CN=C(NCC(=O)OC(C)(C)C)N1CCc2ccccc21.I. The van der Waals surface area contributed by atoms with Crippen LogP contribution >= 0.6 is 24.0 Å². The summed E-state index contributed by atoms with van der Waals surface area (Å²) in [5.74, 6) is 0.418. The van der Waals surface area contributed by atoms with Crippen LogP contribution in [-0.2, 0) is 16.0 Å². The Morgan fingerprint density at radius 3 is 2.68 bits per heavy atom. The number of guanidine groups is 1. The number of carbonyl (C=O) groups is 1. The molecule has 0 fully saturated rings. The molecule has 0 bridgehead atoms. The predicted octanol–water partition coefficient (Wildman–Crippen LogP) is 2.58. The average Bonchev–Trinajstić information content (AvgIpc) is 2.82. The predicted molar refractivity (Wildman–Crippen MR) is 100 cm³/mol. The Hall–Kier alpha value is -1.31. The van der Waals surface area contributed by atoms with Crippen LogP contribution in [0.1, 0.15) is 26.3 Å². The molecule has 0 radical (unpaired) electrons. The summed E-state index contributed by atoms with van der Waals surface area (Å²) in [7, 11) is 1.72. The van der Waals surface area contributed by atoms with E-state index in [1.165, 1.54) is 5.56 Å². The van der Waals surface area contributed by atoms with Crippen molar-refractivity contribution in [3.05, 3.63) is 29.8 Å². The van der Waals surface area contributed by atoms with Gasteiger partial charge in [-0.25, -0.2) is 0 Å². The van der Waals surface area contributed by atoms with Gasteiger partial charge < -0.3 is 15.0 Å². The highest BCUT2D eigenvalue weighted by Crippen LogP contribution is 2.27. The van der Waals surface area contributed by atoms with Crippen LogP contribution in [-0.4, -0.2) is 37.7 Å². The molecule has 1 aliphatic heterocycles. The molecule has 22 heavy (non-hydrogen) atoms. The second kappa shape index (κ2) is 7.80. The first-order valence-corrected chi connectivity index (χ1v) is 7.18. The van der Waals surface area contributed by atoms with Crippen LogP contribution in [0, 0.1) is 0 Å². The largest absolute Gasteiger partial charge is 0.459 e. The number of carbonyl (C=O) groups excluding carboxylic acids is 1. The van der Waals surface area contributed by atoms with Gasteiger partial charge >= 0.3 is 5.97 Å². The molecule has 6 heteroatoms. The fourth-order valence-corrected chi connectivity index (χ4v) is 2.38. The van der Waals surface area contributed by atoms with Gasteiger partial charge in [0, 0.05) is 19.3 Å². The van der Waals surface area contributed by atoms with Gasteiger partial charge in [-0.05, 0) is 38.8 Å². The van der Waals surface area contributed by atoms with Crippen molar-refractivity contribution in [2.75, 3.05) is 25.0 Å². The number of esters is 1. The van der Waals surface area contributed by atoms with Crippen LogP contribution in [0.5, 0.6) is 0 Å². The first-order valence-electron chi connectivity index (χ1n) is 7.18. The van der Waals surface area contributed by atoms with E-state index in [0.717, 1.165) is 18.7 Å². The van der Waals surface area contributed by atoms with Crippen molar-refractivity contribution in [3.63, 3.8) is 0 Å². The minimum Gasteiger partial charge on any atom is -0.459 e. The molecule has 1 N–H and O–H groups in total. The van der Waals surface area contributed by atoms with E-state index in [4.69, 9.17) is 4.74 Å². The van der Waals surface area contributed by atoms with Gasteiger partial charge in [-0.1, -0.05) is 18.2 Å². The molecule has 0 atom stereocenters. The fraction of sp³-hybridized carbons (Fsp3) is 0.500. The maximum absolute atomic E-state index is 11.8. The Morgan fingerprint density at radius 2 is 2.05 bits per heavy atom. The summed E-state index contributed by atoms with van der Waals surface area (Å²) in [5, 5.41) is 3.08. The van der Waals surface area contributed by atoms with E-state index in [0.29, 0.717) is 5.96 Å². The minimum absolute atomic E-state index is 0. The molecule has 1 heterocycles. The van der Waals surface area contributed by atoms with Crippen molar-refractivity contribution in [1.29, 1.82) is 0 Å². The number of hydrogen-bond acceptors (Lipinski definition) is 3. The van der Waals surface area contributed by atoms with E-state index in [1.54, 1.807) is 7.05 Å². The molecular weight excluding hydrogens is 393 g/mol. The molecule has 0 aromatic heterocycles. The number of rotatable bonds is 2. The van der Waals surface area contributed by atoms with Crippen molar-refractivity contribution in [3.8, 4) is 0 Å². The number of nitrogens with zero attached hydrogens (tertiary/aromatic N) is 2. The number of fused-ring (bicyclic) bond motifs is 1. The Bertz CT molecular complexity index is 553. The van der Waals surface area contributed by atoms with Crippen molar-refractivity contribution >= 4 is 41.6 Å². The molecule has 1 aliphatic rings. The fourth-order valence-electron chi connectivity index (χ4n) is 2.38. The lowest BCUT2D eigenvalue weighted by molar-refractivity contribution is -0.153. The minimum atomic E-state index is -0.470. The van der Waals surface area contributed by atoms with Crippen LogP contribution in [0.3, 0.4) is 0 Å². The number of anilines is 1. The molecule has 122 valence electrons. The maximum Gasteiger partial charge on any atom is 0.325 e. The summed E-state index contributed by atoms with van der Waals surface area (Å²) < 4.78 is 5.29. The molecule has 2 rings (SSSR count). The lowest BCUT2D eigenvalue weighted by Crippen LogP contribution is -2.43. The number of benzene rings is 1. The quantitative estimate of drug-likeness (QED) is 0.348. The zero-order valence-electron chi connectivity index (χ0n) is 13.5. The van der Waals surface area contributed by atoms with E-state index in [2.05, 4.69) is 27.3 Å². The summed E-state index contributed by atoms with van der Waals surface area (Å²) in [6.45, 7) is 6.55. The van der Waals surface area contributed by atoms with Crippen LogP contribution in [0.4, 0.5) is 5.69 Å². The summed E-state index contributed by atoms with van der Waals surface area (Å²) in [6.07, 6.45) is 0.989. The molecule has 0 amide bonds. The van der Waals surface area contributed by atoms with Crippen LogP contribution < -0.4 is 10.2 Å². The molecular formula is C16H24IN3O2. The number of hydrogen-bond donors (Lipinski definition) is 1. The van der Waals surface area contributed by atoms with Gasteiger partial charge in [-0.2, -0.15) is 0 Å². The lowest BCUT2D eigenvalue weighted by atomic mass is 10.2. The number of aliphatic imine (C=N–C) groups is 1. The number of para-hydroxylation sites is 1. The highest BCUT2D eigenvalue weighted by atomic mass is 127. The highest BCUT2D eigenvalue weighted by Gasteiger charge is 2.23. The molecule has 0 saturated carbocycles. The van der Waals surface area contributed by atoms with E-state index in [-0.39, 0.29) is 36.5 Å². The summed E-state index contributed by atoms with van der Waals surface area (Å²) in [4.78, 5) is 18.1. The average molecular weight is 417 g/mol. The number of nitrogens with one attached hydrogen (secondary N) is 1. The van der Waals surface area contributed by atoms with Crippen molar-refractivity contribution in [2.45, 2.75) is 32.8 Å². The Balaban J connectivity index is 0.00000242. The van der Waals surface area contributed by atoms with Gasteiger partial charge in [0.25, 0.3) is 0 Å². The molecule has 0 unspecified atom stereocenters. The zero-order valence-corrected chi connectivity index (χ0v) is 15.9. The molecule has 0 spiro atoms. The summed E-state index contributed by atoms with van der Waals surface area (Å²) in [6, 6.07) is 8.25. The topological polar surface area (TPSA) is 53.9 Å². The molecule has 0 aliphatic carbocycles. The third-order valence-electron chi connectivity index (χ3n) is 3.17. The highest BCUT2D eigenvalue weighted by molar-refractivity contribution is 14.0. The third-order valence-corrected chi connectivity index (χ3v) is 3.17. The van der Waals surface area contributed by atoms with E-state index in [1.807, 2.05) is 32.9 Å². The van der Waals surface area contributed by atoms with Crippen LogP contribution in [0.15, 0.2) is 29.3 Å². The monoisotopic (exact) mass is 417 g/mol. The van der Waals surface area contributed by atoms with Gasteiger partial charge in [0.05, 0.1) is 0 Å². The van der Waals surface area contributed by atoms with Crippen molar-refractivity contribution < 1.29 is 9.53 Å². The van der Waals surface area contributed by atoms with Gasteiger partial charge in [0.2, 0.25) is 0 Å². The summed E-state index contributed by atoms with van der Waals surface area (Å²) in [5.41, 5.74) is 1.98. The van der Waals surface area contributed by atoms with Gasteiger partial charge in [0.1, 0.15) is 12.1 Å².